The first kappa shape index (κ1) is 15.3. The van der Waals surface area contributed by atoms with E-state index in [-0.39, 0.29) is 0 Å². The Hall–Kier alpha value is -2.10. The lowest BCUT2D eigenvalue weighted by molar-refractivity contribution is 0.929. The summed E-state index contributed by atoms with van der Waals surface area (Å²) in [5, 5.41) is 6.76. The van der Waals surface area contributed by atoms with Crippen LogP contribution in [0.25, 0.3) is 0 Å². The van der Waals surface area contributed by atoms with Gasteiger partial charge in [0.2, 0.25) is 0 Å². The van der Waals surface area contributed by atoms with Crippen molar-refractivity contribution in [1.82, 2.24) is 9.97 Å². The molecule has 0 spiro atoms. The van der Waals surface area contributed by atoms with Gasteiger partial charge < -0.3 is 10.6 Å². The summed E-state index contributed by atoms with van der Waals surface area (Å²) in [6.45, 7) is 11.3. The Bertz CT molecular complexity index is 635. The molecule has 0 aliphatic rings. The Morgan fingerprint density at radius 1 is 1.00 bits per heavy atom. The van der Waals surface area contributed by atoms with Gasteiger partial charge in [-0.1, -0.05) is 24.6 Å². The van der Waals surface area contributed by atoms with Crippen LogP contribution in [-0.2, 0) is 6.42 Å². The molecule has 0 fully saturated rings. The van der Waals surface area contributed by atoms with Gasteiger partial charge in [0.05, 0.1) is 0 Å². The fourth-order valence-corrected chi connectivity index (χ4v) is 2.26. The Balaban J connectivity index is 2.40. The normalized spacial score (nSPS) is 10.5. The summed E-state index contributed by atoms with van der Waals surface area (Å²) in [6, 6.07) is 6.38. The highest BCUT2D eigenvalue weighted by atomic mass is 15.1. The summed E-state index contributed by atoms with van der Waals surface area (Å²) >= 11 is 0. The zero-order valence-corrected chi connectivity index (χ0v) is 13.5. The maximum absolute atomic E-state index is 4.63. The highest BCUT2D eigenvalue weighted by molar-refractivity contribution is 5.67. The molecule has 2 N–H and O–H groups in total. The molecule has 2 aromatic rings. The fourth-order valence-electron chi connectivity index (χ4n) is 2.26. The van der Waals surface area contributed by atoms with Crippen molar-refractivity contribution < 1.29 is 0 Å². The summed E-state index contributed by atoms with van der Waals surface area (Å²) in [6.07, 6.45) is 0.820. The number of aryl methyl sites for hydroxylation is 3. The van der Waals surface area contributed by atoms with Gasteiger partial charge in [0.15, 0.2) is 0 Å². The van der Waals surface area contributed by atoms with Crippen molar-refractivity contribution in [3.05, 3.63) is 40.7 Å². The molecule has 1 heterocycles. The van der Waals surface area contributed by atoms with Crippen molar-refractivity contribution in [2.24, 2.45) is 0 Å². The zero-order valence-electron chi connectivity index (χ0n) is 13.5. The lowest BCUT2D eigenvalue weighted by Gasteiger charge is -2.15. The van der Waals surface area contributed by atoms with Crippen molar-refractivity contribution in [1.29, 1.82) is 0 Å². The molecule has 0 saturated carbocycles. The molecular weight excluding hydrogens is 260 g/mol. The predicted molar refractivity (Wildman–Crippen MR) is 89.5 cm³/mol. The van der Waals surface area contributed by atoms with E-state index in [1.807, 2.05) is 6.92 Å². The van der Waals surface area contributed by atoms with Crippen LogP contribution in [-0.4, -0.2) is 16.5 Å². The number of aromatic nitrogens is 2. The topological polar surface area (TPSA) is 49.8 Å². The molecule has 0 unspecified atom stereocenters. The summed E-state index contributed by atoms with van der Waals surface area (Å²) in [5.74, 6) is 2.64. The number of nitrogens with one attached hydrogen (secondary N) is 2. The average Bonchev–Trinajstić information content (AvgIpc) is 2.46. The van der Waals surface area contributed by atoms with Crippen LogP contribution in [0.2, 0.25) is 0 Å². The number of nitrogens with zero attached hydrogens (tertiary/aromatic N) is 2. The van der Waals surface area contributed by atoms with Gasteiger partial charge in [0.1, 0.15) is 17.5 Å². The average molecular weight is 284 g/mol. The first-order chi connectivity index (χ1) is 10.0. The second-order valence-corrected chi connectivity index (χ2v) is 5.29. The molecule has 0 aliphatic heterocycles. The van der Waals surface area contributed by atoms with E-state index in [9.17, 15) is 0 Å². The van der Waals surface area contributed by atoms with Gasteiger partial charge in [-0.15, -0.1) is 0 Å². The van der Waals surface area contributed by atoms with Gasteiger partial charge in [-0.2, -0.15) is 0 Å². The Morgan fingerprint density at radius 3 is 2.33 bits per heavy atom. The molecule has 0 radical (unpaired) electrons. The van der Waals surface area contributed by atoms with Crippen LogP contribution < -0.4 is 10.6 Å². The maximum atomic E-state index is 4.63. The third-order valence-corrected chi connectivity index (χ3v) is 3.49. The van der Waals surface area contributed by atoms with E-state index in [1.165, 1.54) is 11.1 Å². The van der Waals surface area contributed by atoms with Crippen molar-refractivity contribution in [2.75, 3.05) is 17.2 Å². The lowest BCUT2D eigenvalue weighted by atomic mass is 10.1. The highest BCUT2D eigenvalue weighted by Crippen LogP contribution is 2.26. The van der Waals surface area contributed by atoms with Crippen LogP contribution in [0.5, 0.6) is 0 Å². The molecular formula is C17H24N4. The van der Waals surface area contributed by atoms with E-state index in [4.69, 9.17) is 0 Å². The minimum absolute atomic E-state index is 0.820. The molecule has 0 bridgehead atoms. The first-order valence-electron chi connectivity index (χ1n) is 7.50. The lowest BCUT2D eigenvalue weighted by Crippen LogP contribution is -2.09. The zero-order chi connectivity index (χ0) is 15.4. The smallest absolute Gasteiger partial charge is 0.139 e. The summed E-state index contributed by atoms with van der Waals surface area (Å²) in [4.78, 5) is 9.19. The number of hydrogen-bond acceptors (Lipinski definition) is 4. The molecule has 4 heteroatoms. The molecule has 1 aromatic carbocycles. The minimum Gasteiger partial charge on any atom is -0.370 e. The van der Waals surface area contributed by atoms with Crippen molar-refractivity contribution in [3.63, 3.8) is 0 Å². The molecule has 0 amide bonds. The number of hydrogen-bond donors (Lipinski definition) is 2. The molecule has 4 nitrogen and oxygen atoms in total. The summed E-state index contributed by atoms with van der Waals surface area (Å²) in [7, 11) is 0. The molecule has 1 aromatic heterocycles. The van der Waals surface area contributed by atoms with Crippen molar-refractivity contribution in [3.8, 4) is 0 Å². The number of benzene rings is 1. The molecule has 0 atom stereocenters. The third kappa shape index (κ3) is 3.51. The molecule has 2 rings (SSSR count). The van der Waals surface area contributed by atoms with E-state index in [0.717, 1.165) is 41.7 Å². The molecule has 112 valence electrons. The second kappa shape index (κ2) is 6.57. The van der Waals surface area contributed by atoms with Gasteiger partial charge in [-0.05, 0) is 39.3 Å². The largest absolute Gasteiger partial charge is 0.370 e. The van der Waals surface area contributed by atoms with Gasteiger partial charge in [-0.3, -0.25) is 0 Å². The van der Waals surface area contributed by atoms with Gasteiger partial charge in [0.25, 0.3) is 0 Å². The third-order valence-electron chi connectivity index (χ3n) is 3.49. The first-order valence-corrected chi connectivity index (χ1v) is 7.50. The fraction of sp³-hybridized carbons (Fsp3) is 0.412. The van der Waals surface area contributed by atoms with Crippen LogP contribution in [0, 0.1) is 20.8 Å². The van der Waals surface area contributed by atoms with E-state index >= 15 is 0 Å². The Kier molecular flexibility index (Phi) is 4.78. The van der Waals surface area contributed by atoms with E-state index in [0.29, 0.717) is 0 Å². The standard InChI is InChI=1S/C17H24N4/c1-6-15-20-16(18-7-2)13(5)17(21-15)19-14-9-8-11(3)10-12(14)4/h8-10H,6-7H2,1-5H3,(H2,18,19,20,21). The van der Waals surface area contributed by atoms with Crippen LogP contribution in [0.15, 0.2) is 18.2 Å². The summed E-state index contributed by atoms with van der Waals surface area (Å²) in [5.41, 5.74) is 4.62. The number of rotatable bonds is 5. The second-order valence-electron chi connectivity index (χ2n) is 5.29. The molecule has 21 heavy (non-hydrogen) atoms. The van der Waals surface area contributed by atoms with Gasteiger partial charge >= 0.3 is 0 Å². The van der Waals surface area contributed by atoms with Gasteiger partial charge in [0, 0.05) is 24.2 Å². The van der Waals surface area contributed by atoms with Crippen molar-refractivity contribution in [2.45, 2.75) is 41.0 Å². The quantitative estimate of drug-likeness (QED) is 0.866. The van der Waals surface area contributed by atoms with E-state index in [1.54, 1.807) is 0 Å². The SMILES string of the molecule is CCNc1nc(CC)nc(Nc2ccc(C)cc2C)c1C. The summed E-state index contributed by atoms with van der Waals surface area (Å²) < 4.78 is 0. The molecule has 0 aliphatic carbocycles. The van der Waals surface area contributed by atoms with Crippen LogP contribution >= 0.6 is 0 Å². The van der Waals surface area contributed by atoms with Crippen LogP contribution in [0.4, 0.5) is 17.3 Å². The maximum Gasteiger partial charge on any atom is 0.139 e. The Morgan fingerprint density at radius 2 is 1.71 bits per heavy atom. The van der Waals surface area contributed by atoms with Gasteiger partial charge in [-0.25, -0.2) is 9.97 Å². The van der Waals surface area contributed by atoms with E-state index < -0.39 is 0 Å². The van der Waals surface area contributed by atoms with E-state index in [2.05, 4.69) is 66.5 Å². The highest BCUT2D eigenvalue weighted by Gasteiger charge is 2.11. The Labute approximate surface area is 127 Å². The minimum atomic E-state index is 0.820. The monoisotopic (exact) mass is 284 g/mol. The van der Waals surface area contributed by atoms with Crippen molar-refractivity contribution >= 4 is 17.3 Å². The van der Waals surface area contributed by atoms with Crippen LogP contribution in [0.1, 0.15) is 36.4 Å². The molecule has 0 saturated heterocycles. The van der Waals surface area contributed by atoms with Crippen LogP contribution in [0.3, 0.4) is 0 Å². The number of anilines is 3. The predicted octanol–water partition coefficient (Wildman–Crippen LogP) is 4.14.